The molecule has 4 heteroatoms. The van der Waals surface area contributed by atoms with Crippen LogP contribution in [-0.2, 0) is 0 Å². The zero-order valence-electron chi connectivity index (χ0n) is 11.4. The summed E-state index contributed by atoms with van der Waals surface area (Å²) < 4.78 is 0. The minimum absolute atomic E-state index is 0.129. The van der Waals surface area contributed by atoms with Gasteiger partial charge >= 0.3 is 0 Å². The molecule has 0 bridgehead atoms. The quantitative estimate of drug-likeness (QED) is 0.664. The third-order valence-corrected chi connectivity index (χ3v) is 2.83. The Morgan fingerprint density at radius 2 is 1.90 bits per heavy atom. The van der Waals surface area contributed by atoms with Gasteiger partial charge in [0.25, 0.3) is 5.91 Å². The van der Waals surface area contributed by atoms with Crippen molar-refractivity contribution in [2.24, 2.45) is 5.10 Å². The Kier molecular flexibility index (Phi) is 4.15. The normalized spacial score (nSPS) is 10.7. The van der Waals surface area contributed by atoms with Crippen LogP contribution in [0, 0.1) is 13.8 Å². The average molecular weight is 268 g/mol. The van der Waals surface area contributed by atoms with Gasteiger partial charge in [0, 0.05) is 11.1 Å². The Morgan fingerprint density at radius 3 is 2.65 bits per heavy atom. The highest BCUT2D eigenvalue weighted by molar-refractivity contribution is 5.95. The van der Waals surface area contributed by atoms with Gasteiger partial charge in [-0.15, -0.1) is 0 Å². The van der Waals surface area contributed by atoms with E-state index in [-0.39, 0.29) is 11.7 Å². The molecule has 0 heterocycles. The van der Waals surface area contributed by atoms with Gasteiger partial charge in [-0.25, -0.2) is 5.43 Å². The Morgan fingerprint density at radius 1 is 1.15 bits per heavy atom. The van der Waals surface area contributed by atoms with E-state index < -0.39 is 0 Å². The molecule has 2 rings (SSSR count). The van der Waals surface area contributed by atoms with Gasteiger partial charge in [-0.3, -0.25) is 4.79 Å². The van der Waals surface area contributed by atoms with Crippen LogP contribution in [0.4, 0.5) is 0 Å². The third-order valence-electron chi connectivity index (χ3n) is 2.83. The molecule has 2 aromatic carbocycles. The van der Waals surface area contributed by atoms with Crippen molar-refractivity contribution < 1.29 is 9.90 Å². The molecule has 0 aromatic heterocycles. The fraction of sp³-hybridized carbons (Fsp3) is 0.125. The summed E-state index contributed by atoms with van der Waals surface area (Å²) in [7, 11) is 0. The Bertz CT molecular complexity index is 663. The number of hydrazone groups is 1. The molecule has 1 amide bonds. The van der Waals surface area contributed by atoms with E-state index in [2.05, 4.69) is 10.5 Å². The number of benzene rings is 2. The van der Waals surface area contributed by atoms with Crippen LogP contribution in [0.1, 0.15) is 27.0 Å². The molecule has 0 fully saturated rings. The summed E-state index contributed by atoms with van der Waals surface area (Å²) in [4.78, 5) is 11.9. The number of carbonyl (C=O) groups is 1. The van der Waals surface area contributed by atoms with Crippen LogP contribution in [0.5, 0.6) is 5.75 Å². The van der Waals surface area contributed by atoms with Crippen LogP contribution >= 0.6 is 0 Å². The van der Waals surface area contributed by atoms with Crippen molar-refractivity contribution in [1.29, 1.82) is 0 Å². The zero-order chi connectivity index (χ0) is 14.5. The van der Waals surface area contributed by atoms with E-state index in [1.165, 1.54) is 6.21 Å². The number of amides is 1. The fourth-order valence-corrected chi connectivity index (χ4v) is 1.79. The topological polar surface area (TPSA) is 61.7 Å². The van der Waals surface area contributed by atoms with Crippen molar-refractivity contribution in [1.82, 2.24) is 5.43 Å². The number of phenols is 1. The van der Waals surface area contributed by atoms with Crippen molar-refractivity contribution in [3.63, 3.8) is 0 Å². The molecule has 0 spiro atoms. The number of rotatable bonds is 3. The summed E-state index contributed by atoms with van der Waals surface area (Å²) in [6.45, 7) is 3.84. The number of hydrogen-bond donors (Lipinski definition) is 2. The molecule has 0 saturated carbocycles. The van der Waals surface area contributed by atoms with Gasteiger partial charge < -0.3 is 5.11 Å². The lowest BCUT2D eigenvalue weighted by molar-refractivity contribution is 0.0955. The molecule has 0 unspecified atom stereocenters. The van der Waals surface area contributed by atoms with Gasteiger partial charge in [0.15, 0.2) is 0 Å². The first-order chi connectivity index (χ1) is 9.56. The fourth-order valence-electron chi connectivity index (χ4n) is 1.79. The van der Waals surface area contributed by atoms with Crippen LogP contribution in [-0.4, -0.2) is 17.2 Å². The summed E-state index contributed by atoms with van der Waals surface area (Å²) >= 11 is 0. The van der Waals surface area contributed by atoms with Crippen molar-refractivity contribution in [3.05, 3.63) is 64.7 Å². The lowest BCUT2D eigenvalue weighted by Crippen LogP contribution is -2.17. The molecule has 0 atom stereocenters. The number of carbonyl (C=O) groups excluding carboxylic acids is 1. The van der Waals surface area contributed by atoms with Crippen molar-refractivity contribution in [3.8, 4) is 5.75 Å². The first-order valence-corrected chi connectivity index (χ1v) is 6.26. The summed E-state index contributed by atoms with van der Waals surface area (Å²) in [5.41, 5.74) is 5.58. The van der Waals surface area contributed by atoms with Gasteiger partial charge in [0.1, 0.15) is 5.75 Å². The number of nitrogens with one attached hydrogen (secondary N) is 1. The van der Waals surface area contributed by atoms with E-state index in [4.69, 9.17) is 0 Å². The summed E-state index contributed by atoms with van der Waals surface area (Å²) in [5.74, 6) is -0.152. The third kappa shape index (κ3) is 3.45. The summed E-state index contributed by atoms with van der Waals surface area (Å²) in [6.07, 6.45) is 1.43. The molecule has 2 aromatic rings. The van der Waals surface area contributed by atoms with Gasteiger partial charge in [0.05, 0.1) is 6.21 Å². The highest BCUT2D eigenvalue weighted by Gasteiger charge is 2.03. The minimum Gasteiger partial charge on any atom is -0.507 e. The molecule has 0 aliphatic heterocycles. The Hall–Kier alpha value is -2.62. The van der Waals surface area contributed by atoms with E-state index in [0.717, 1.165) is 11.1 Å². The molecule has 0 aliphatic carbocycles. The Balaban J connectivity index is 2.06. The summed E-state index contributed by atoms with van der Waals surface area (Å²) in [6, 6.07) is 12.4. The predicted molar refractivity (Wildman–Crippen MR) is 79.1 cm³/mol. The van der Waals surface area contributed by atoms with E-state index in [0.29, 0.717) is 11.1 Å². The second-order valence-corrected chi connectivity index (χ2v) is 4.63. The first kappa shape index (κ1) is 13.8. The number of hydrogen-bond acceptors (Lipinski definition) is 3. The molecule has 0 aliphatic rings. The molecule has 0 saturated heterocycles. The first-order valence-electron chi connectivity index (χ1n) is 6.26. The SMILES string of the molecule is Cc1cccc(C(=O)N/N=C\c2cc(C)ccc2O)c1. The van der Waals surface area contributed by atoms with Crippen LogP contribution in [0.2, 0.25) is 0 Å². The van der Waals surface area contributed by atoms with Crippen LogP contribution < -0.4 is 5.43 Å². The van der Waals surface area contributed by atoms with Gasteiger partial charge in [-0.05, 0) is 38.1 Å². The number of nitrogens with zero attached hydrogens (tertiary/aromatic N) is 1. The van der Waals surface area contributed by atoms with Crippen LogP contribution in [0.25, 0.3) is 0 Å². The van der Waals surface area contributed by atoms with Crippen LogP contribution in [0.3, 0.4) is 0 Å². The highest BCUT2D eigenvalue weighted by atomic mass is 16.3. The number of aryl methyl sites for hydroxylation is 2. The Labute approximate surface area is 117 Å². The predicted octanol–water partition coefficient (Wildman–Crippen LogP) is 2.77. The maximum atomic E-state index is 11.9. The highest BCUT2D eigenvalue weighted by Crippen LogP contribution is 2.15. The average Bonchev–Trinajstić information content (AvgIpc) is 2.42. The molecule has 0 radical (unpaired) electrons. The molecular weight excluding hydrogens is 252 g/mol. The second-order valence-electron chi connectivity index (χ2n) is 4.63. The van der Waals surface area contributed by atoms with Gasteiger partial charge in [-0.1, -0.05) is 29.3 Å². The monoisotopic (exact) mass is 268 g/mol. The van der Waals surface area contributed by atoms with E-state index >= 15 is 0 Å². The molecule has 102 valence electrons. The van der Waals surface area contributed by atoms with E-state index in [1.54, 1.807) is 30.3 Å². The van der Waals surface area contributed by atoms with Crippen molar-refractivity contribution in [2.45, 2.75) is 13.8 Å². The van der Waals surface area contributed by atoms with Crippen molar-refractivity contribution in [2.75, 3.05) is 0 Å². The van der Waals surface area contributed by atoms with Crippen LogP contribution in [0.15, 0.2) is 47.6 Å². The lowest BCUT2D eigenvalue weighted by atomic mass is 10.1. The smallest absolute Gasteiger partial charge is 0.271 e. The number of aromatic hydroxyl groups is 1. The minimum atomic E-state index is -0.280. The van der Waals surface area contributed by atoms with Gasteiger partial charge in [-0.2, -0.15) is 5.10 Å². The van der Waals surface area contributed by atoms with Crippen molar-refractivity contribution >= 4 is 12.1 Å². The van der Waals surface area contributed by atoms with Gasteiger partial charge in [0.2, 0.25) is 0 Å². The zero-order valence-corrected chi connectivity index (χ0v) is 11.4. The maximum Gasteiger partial charge on any atom is 0.271 e. The summed E-state index contributed by atoms with van der Waals surface area (Å²) in [5, 5.41) is 13.5. The molecule has 2 N–H and O–H groups in total. The standard InChI is InChI=1S/C16H16N2O2/c1-11-4-3-5-13(8-11)16(20)18-17-10-14-9-12(2)6-7-15(14)19/h3-10,19H,1-2H3,(H,18,20)/b17-10-. The largest absolute Gasteiger partial charge is 0.507 e. The second kappa shape index (κ2) is 6.02. The maximum absolute atomic E-state index is 11.9. The molecule has 20 heavy (non-hydrogen) atoms. The van der Waals surface area contributed by atoms with E-state index in [1.807, 2.05) is 26.0 Å². The molecule has 4 nitrogen and oxygen atoms in total. The van der Waals surface area contributed by atoms with E-state index in [9.17, 15) is 9.90 Å². The number of phenolic OH excluding ortho intramolecular Hbond substituents is 1. The lowest BCUT2D eigenvalue weighted by Gasteiger charge is -2.02. The molecular formula is C16H16N2O2.